The molecular formula is C16H19N7. The van der Waals surface area contributed by atoms with Gasteiger partial charge in [-0.05, 0) is 18.6 Å². The van der Waals surface area contributed by atoms with Crippen LogP contribution in [0.4, 0.5) is 17.6 Å². The van der Waals surface area contributed by atoms with Crippen LogP contribution >= 0.6 is 0 Å². The summed E-state index contributed by atoms with van der Waals surface area (Å²) in [6.07, 6.45) is 7.15. The molecule has 3 rings (SSSR count). The monoisotopic (exact) mass is 309 g/mol. The molecule has 23 heavy (non-hydrogen) atoms. The minimum atomic E-state index is 0.548. The van der Waals surface area contributed by atoms with Crippen LogP contribution in [0.5, 0.6) is 0 Å². The van der Waals surface area contributed by atoms with Gasteiger partial charge >= 0.3 is 0 Å². The van der Waals surface area contributed by atoms with Crippen molar-refractivity contribution in [2.45, 2.75) is 13.5 Å². The summed E-state index contributed by atoms with van der Waals surface area (Å²) in [6, 6.07) is 5.83. The molecule has 0 unspecified atom stereocenters. The molecule has 0 fully saturated rings. The maximum absolute atomic E-state index is 4.55. The van der Waals surface area contributed by atoms with E-state index in [1.54, 1.807) is 12.4 Å². The zero-order chi connectivity index (χ0) is 16.2. The first kappa shape index (κ1) is 15.0. The fraction of sp³-hybridized carbons (Fsp3) is 0.250. The highest BCUT2D eigenvalue weighted by molar-refractivity contribution is 5.53. The molecule has 0 amide bonds. The lowest BCUT2D eigenvalue weighted by Gasteiger charge is -2.15. The molecule has 1 N–H and O–H groups in total. The predicted octanol–water partition coefficient (Wildman–Crippen LogP) is 2.23. The van der Waals surface area contributed by atoms with Crippen molar-refractivity contribution in [3.05, 3.63) is 54.1 Å². The quantitative estimate of drug-likeness (QED) is 0.779. The third-order valence-electron chi connectivity index (χ3n) is 3.38. The van der Waals surface area contributed by atoms with E-state index in [2.05, 4.69) is 25.4 Å². The van der Waals surface area contributed by atoms with Gasteiger partial charge in [0.2, 0.25) is 5.95 Å². The summed E-state index contributed by atoms with van der Waals surface area (Å²) < 4.78 is 1.86. The van der Waals surface area contributed by atoms with Crippen LogP contribution in [0, 0.1) is 6.92 Å². The molecule has 0 radical (unpaired) electrons. The largest absolute Gasteiger partial charge is 0.362 e. The lowest BCUT2D eigenvalue weighted by Crippen LogP contribution is -2.14. The number of aromatic nitrogens is 5. The fourth-order valence-corrected chi connectivity index (χ4v) is 2.29. The van der Waals surface area contributed by atoms with E-state index in [0.29, 0.717) is 12.5 Å². The van der Waals surface area contributed by atoms with Gasteiger partial charge in [-0.15, -0.1) is 0 Å². The normalized spacial score (nSPS) is 10.6. The maximum Gasteiger partial charge on any atom is 0.230 e. The number of nitrogens with zero attached hydrogens (tertiary/aromatic N) is 6. The SMILES string of the molecule is Cc1cnc(Nc2ccnn2Cc2cccnc2)nc1N(C)C. The van der Waals surface area contributed by atoms with Crippen molar-refractivity contribution >= 4 is 17.6 Å². The van der Waals surface area contributed by atoms with E-state index in [9.17, 15) is 0 Å². The topological polar surface area (TPSA) is 71.8 Å². The van der Waals surface area contributed by atoms with Gasteiger partial charge in [-0.2, -0.15) is 10.1 Å². The molecule has 0 aliphatic rings. The Labute approximate surface area is 135 Å². The van der Waals surface area contributed by atoms with Crippen LogP contribution in [0.15, 0.2) is 43.0 Å². The van der Waals surface area contributed by atoms with Gasteiger partial charge in [-0.1, -0.05) is 6.07 Å². The van der Waals surface area contributed by atoms with E-state index in [1.807, 2.05) is 61.2 Å². The Kier molecular flexibility index (Phi) is 4.18. The summed E-state index contributed by atoms with van der Waals surface area (Å²) in [5, 5.41) is 7.57. The first-order valence-electron chi connectivity index (χ1n) is 7.32. The molecular weight excluding hydrogens is 290 g/mol. The van der Waals surface area contributed by atoms with E-state index in [-0.39, 0.29) is 0 Å². The summed E-state index contributed by atoms with van der Waals surface area (Å²) in [5.41, 5.74) is 2.11. The zero-order valence-electron chi connectivity index (χ0n) is 13.4. The number of rotatable bonds is 5. The molecule has 7 heteroatoms. The van der Waals surface area contributed by atoms with Crippen molar-refractivity contribution in [3.8, 4) is 0 Å². The van der Waals surface area contributed by atoms with Crippen LogP contribution in [-0.2, 0) is 6.54 Å². The first-order valence-corrected chi connectivity index (χ1v) is 7.32. The summed E-state index contributed by atoms with van der Waals surface area (Å²) in [6.45, 7) is 2.63. The highest BCUT2D eigenvalue weighted by Gasteiger charge is 2.09. The van der Waals surface area contributed by atoms with Gasteiger partial charge in [-0.3, -0.25) is 4.98 Å². The second-order valence-electron chi connectivity index (χ2n) is 5.46. The Morgan fingerprint density at radius 2 is 2.04 bits per heavy atom. The Morgan fingerprint density at radius 3 is 2.78 bits per heavy atom. The average molecular weight is 309 g/mol. The van der Waals surface area contributed by atoms with Crippen LogP contribution in [0.2, 0.25) is 0 Å². The zero-order valence-corrected chi connectivity index (χ0v) is 13.4. The standard InChI is InChI=1S/C16H19N7/c1-12-9-18-16(21-15(12)22(2)3)20-14-6-8-19-23(14)11-13-5-4-7-17-10-13/h4-10H,11H2,1-3H3,(H,18,20,21). The Morgan fingerprint density at radius 1 is 1.17 bits per heavy atom. The van der Waals surface area contributed by atoms with E-state index in [4.69, 9.17) is 0 Å². The van der Waals surface area contributed by atoms with Gasteiger partial charge in [0.05, 0.1) is 12.7 Å². The van der Waals surface area contributed by atoms with Gasteiger partial charge in [0.15, 0.2) is 0 Å². The van der Waals surface area contributed by atoms with E-state index in [1.165, 1.54) is 0 Å². The lowest BCUT2D eigenvalue weighted by atomic mass is 10.3. The van der Waals surface area contributed by atoms with Gasteiger partial charge in [0.25, 0.3) is 0 Å². The second kappa shape index (κ2) is 6.43. The van der Waals surface area contributed by atoms with Crippen LogP contribution in [0.25, 0.3) is 0 Å². The van der Waals surface area contributed by atoms with E-state index in [0.717, 1.165) is 22.8 Å². The number of pyridine rings is 1. The Bertz CT molecular complexity index is 780. The van der Waals surface area contributed by atoms with Crippen molar-refractivity contribution in [2.24, 2.45) is 0 Å². The van der Waals surface area contributed by atoms with Gasteiger partial charge in [0, 0.05) is 44.3 Å². The van der Waals surface area contributed by atoms with Crippen molar-refractivity contribution in [2.75, 3.05) is 24.3 Å². The highest BCUT2D eigenvalue weighted by Crippen LogP contribution is 2.18. The molecule has 0 aromatic carbocycles. The molecule has 3 aromatic heterocycles. The third-order valence-corrected chi connectivity index (χ3v) is 3.38. The highest BCUT2D eigenvalue weighted by atomic mass is 15.3. The van der Waals surface area contributed by atoms with E-state index >= 15 is 0 Å². The molecule has 7 nitrogen and oxygen atoms in total. The number of hydrogen-bond donors (Lipinski definition) is 1. The van der Waals surface area contributed by atoms with Crippen molar-refractivity contribution in [1.82, 2.24) is 24.7 Å². The summed E-state index contributed by atoms with van der Waals surface area (Å²) in [5.74, 6) is 2.27. The van der Waals surface area contributed by atoms with Crippen LogP contribution in [0.1, 0.15) is 11.1 Å². The van der Waals surface area contributed by atoms with Gasteiger partial charge in [-0.25, -0.2) is 9.67 Å². The molecule has 0 saturated carbocycles. The van der Waals surface area contributed by atoms with Crippen molar-refractivity contribution in [3.63, 3.8) is 0 Å². The lowest BCUT2D eigenvalue weighted by molar-refractivity contribution is 0.692. The molecule has 0 aliphatic heterocycles. The molecule has 0 spiro atoms. The second-order valence-corrected chi connectivity index (χ2v) is 5.46. The third kappa shape index (κ3) is 3.45. The van der Waals surface area contributed by atoms with Crippen molar-refractivity contribution in [1.29, 1.82) is 0 Å². The van der Waals surface area contributed by atoms with Crippen LogP contribution in [0.3, 0.4) is 0 Å². The van der Waals surface area contributed by atoms with Crippen molar-refractivity contribution < 1.29 is 0 Å². The smallest absolute Gasteiger partial charge is 0.230 e. The molecule has 0 aliphatic carbocycles. The maximum atomic E-state index is 4.55. The van der Waals surface area contributed by atoms with Crippen LogP contribution < -0.4 is 10.2 Å². The number of anilines is 3. The molecule has 118 valence electrons. The molecule has 0 bridgehead atoms. The minimum Gasteiger partial charge on any atom is -0.362 e. The van der Waals surface area contributed by atoms with Crippen LogP contribution in [-0.4, -0.2) is 38.8 Å². The average Bonchev–Trinajstić information content (AvgIpc) is 2.97. The summed E-state index contributed by atoms with van der Waals surface area (Å²) in [4.78, 5) is 15.0. The molecule has 0 saturated heterocycles. The summed E-state index contributed by atoms with van der Waals surface area (Å²) in [7, 11) is 3.93. The summed E-state index contributed by atoms with van der Waals surface area (Å²) >= 11 is 0. The number of nitrogens with one attached hydrogen (secondary N) is 1. The van der Waals surface area contributed by atoms with E-state index < -0.39 is 0 Å². The first-order chi connectivity index (χ1) is 11.1. The Balaban J connectivity index is 1.82. The number of aryl methyl sites for hydroxylation is 1. The predicted molar refractivity (Wildman–Crippen MR) is 89.9 cm³/mol. The minimum absolute atomic E-state index is 0.548. The molecule has 3 aromatic rings. The Hall–Kier alpha value is -2.96. The fourth-order valence-electron chi connectivity index (χ4n) is 2.29. The van der Waals surface area contributed by atoms with Gasteiger partial charge in [0.1, 0.15) is 11.6 Å². The van der Waals surface area contributed by atoms with Gasteiger partial charge < -0.3 is 10.2 Å². The molecule has 0 atom stereocenters. The number of hydrogen-bond acceptors (Lipinski definition) is 6. The molecule has 3 heterocycles.